The van der Waals surface area contributed by atoms with E-state index in [0.29, 0.717) is 18.9 Å². The summed E-state index contributed by atoms with van der Waals surface area (Å²) >= 11 is 0. The Morgan fingerprint density at radius 1 is 1.42 bits per heavy atom. The number of hydrogen-bond donors (Lipinski definition) is 0. The minimum absolute atomic E-state index is 0.131. The average molecular weight is 170 g/mol. The van der Waals surface area contributed by atoms with Crippen LogP contribution in [-0.4, -0.2) is 12.6 Å². The summed E-state index contributed by atoms with van der Waals surface area (Å²) in [5.74, 6) is 0.289. The molecule has 0 radical (unpaired) electrons. The summed E-state index contributed by atoms with van der Waals surface area (Å²) in [5.41, 5.74) is 0. The van der Waals surface area contributed by atoms with Crippen molar-refractivity contribution >= 4 is 5.97 Å². The molecule has 0 amide bonds. The van der Waals surface area contributed by atoms with E-state index in [2.05, 4.69) is 0 Å². The lowest BCUT2D eigenvalue weighted by atomic mass is 10.2. The van der Waals surface area contributed by atoms with E-state index >= 15 is 0 Å². The zero-order valence-electron chi connectivity index (χ0n) is 8.17. The van der Waals surface area contributed by atoms with Crippen LogP contribution in [0.4, 0.5) is 0 Å². The number of rotatable bonds is 5. The Labute approximate surface area is 74.6 Å². The van der Waals surface area contributed by atoms with E-state index in [9.17, 15) is 4.79 Å². The number of carbonyl (C=O) groups excluding carboxylic acids is 1. The van der Waals surface area contributed by atoms with Gasteiger partial charge in [-0.2, -0.15) is 0 Å². The second kappa shape index (κ2) is 6.89. The van der Waals surface area contributed by atoms with Gasteiger partial charge in [-0.25, -0.2) is 0 Å². The molecule has 0 aromatic rings. The van der Waals surface area contributed by atoms with Gasteiger partial charge in [0.25, 0.3) is 0 Å². The van der Waals surface area contributed by atoms with Gasteiger partial charge >= 0.3 is 5.97 Å². The Morgan fingerprint density at radius 3 is 2.58 bits per heavy atom. The first-order valence-corrected chi connectivity index (χ1v) is 4.47. The Morgan fingerprint density at radius 2 is 2.08 bits per heavy atom. The summed E-state index contributed by atoms with van der Waals surface area (Å²) in [6, 6.07) is 0. The predicted molar refractivity (Wildman–Crippen MR) is 49.8 cm³/mol. The highest BCUT2D eigenvalue weighted by atomic mass is 16.5. The average Bonchev–Trinajstić information content (AvgIpc) is 2.01. The van der Waals surface area contributed by atoms with Crippen LogP contribution in [-0.2, 0) is 9.53 Å². The topological polar surface area (TPSA) is 26.3 Å². The molecule has 0 heterocycles. The summed E-state index contributed by atoms with van der Waals surface area (Å²) in [5, 5.41) is 0. The van der Waals surface area contributed by atoms with Gasteiger partial charge in [0, 0.05) is 0 Å². The molecule has 0 saturated carbocycles. The molecular formula is C10H18O2. The largest absolute Gasteiger partial charge is 0.465 e. The molecule has 0 N–H and O–H groups in total. The van der Waals surface area contributed by atoms with Crippen LogP contribution in [0.3, 0.4) is 0 Å². The molecule has 0 fully saturated rings. The molecule has 0 unspecified atom stereocenters. The highest BCUT2D eigenvalue weighted by molar-refractivity contribution is 5.71. The maximum absolute atomic E-state index is 10.9. The molecule has 0 aromatic carbocycles. The molecular weight excluding hydrogens is 152 g/mol. The third-order valence-corrected chi connectivity index (χ3v) is 1.26. The number of carbonyl (C=O) groups is 1. The smallest absolute Gasteiger partial charge is 0.309 e. The second-order valence-electron chi connectivity index (χ2n) is 3.16. The van der Waals surface area contributed by atoms with Crippen molar-refractivity contribution in [1.82, 2.24) is 0 Å². The SMILES string of the molecule is CC/C=C\CC(=O)OCC(C)C. The van der Waals surface area contributed by atoms with Gasteiger partial charge in [0.05, 0.1) is 13.0 Å². The van der Waals surface area contributed by atoms with Crippen LogP contribution in [0, 0.1) is 5.92 Å². The first kappa shape index (κ1) is 11.2. The first-order chi connectivity index (χ1) is 5.66. The molecule has 0 aliphatic heterocycles. The van der Waals surface area contributed by atoms with E-state index in [4.69, 9.17) is 4.74 Å². The van der Waals surface area contributed by atoms with Crippen molar-refractivity contribution in [2.75, 3.05) is 6.61 Å². The van der Waals surface area contributed by atoms with Crippen molar-refractivity contribution < 1.29 is 9.53 Å². The van der Waals surface area contributed by atoms with Crippen LogP contribution >= 0.6 is 0 Å². The third kappa shape index (κ3) is 7.32. The van der Waals surface area contributed by atoms with E-state index in [1.165, 1.54) is 0 Å². The van der Waals surface area contributed by atoms with Gasteiger partial charge in [-0.05, 0) is 12.3 Å². The lowest BCUT2D eigenvalue weighted by Gasteiger charge is -2.04. The minimum Gasteiger partial charge on any atom is -0.465 e. The number of hydrogen-bond acceptors (Lipinski definition) is 2. The zero-order valence-corrected chi connectivity index (χ0v) is 8.17. The van der Waals surface area contributed by atoms with E-state index < -0.39 is 0 Å². The Hall–Kier alpha value is -0.790. The Balaban J connectivity index is 3.40. The summed E-state index contributed by atoms with van der Waals surface area (Å²) in [6.07, 6.45) is 5.19. The van der Waals surface area contributed by atoms with Crippen LogP contribution in [0.15, 0.2) is 12.2 Å². The van der Waals surface area contributed by atoms with Gasteiger partial charge in [-0.1, -0.05) is 32.9 Å². The molecule has 0 aliphatic carbocycles. The van der Waals surface area contributed by atoms with Gasteiger partial charge in [0.2, 0.25) is 0 Å². The van der Waals surface area contributed by atoms with Crippen LogP contribution in [0.2, 0.25) is 0 Å². The predicted octanol–water partition coefficient (Wildman–Crippen LogP) is 2.54. The number of ether oxygens (including phenoxy) is 1. The fourth-order valence-corrected chi connectivity index (χ4v) is 0.665. The summed E-state index contributed by atoms with van der Waals surface area (Å²) in [6.45, 7) is 6.61. The van der Waals surface area contributed by atoms with Crippen LogP contribution in [0.1, 0.15) is 33.6 Å². The standard InChI is InChI=1S/C10H18O2/c1-4-5-6-7-10(11)12-8-9(2)3/h5-6,9H,4,7-8H2,1-3H3/b6-5-. The zero-order chi connectivity index (χ0) is 9.40. The van der Waals surface area contributed by atoms with E-state index in [-0.39, 0.29) is 5.97 Å². The molecule has 0 rings (SSSR count). The van der Waals surface area contributed by atoms with Crippen molar-refractivity contribution in [2.24, 2.45) is 5.92 Å². The first-order valence-electron chi connectivity index (χ1n) is 4.47. The minimum atomic E-state index is -0.131. The van der Waals surface area contributed by atoms with Crippen LogP contribution in [0.25, 0.3) is 0 Å². The normalized spacial score (nSPS) is 11.0. The van der Waals surface area contributed by atoms with Crippen LogP contribution in [0.5, 0.6) is 0 Å². The lowest BCUT2D eigenvalue weighted by molar-refractivity contribution is -0.143. The van der Waals surface area contributed by atoms with Gasteiger partial charge < -0.3 is 4.74 Å². The quantitative estimate of drug-likeness (QED) is 0.468. The molecule has 2 nitrogen and oxygen atoms in total. The number of esters is 1. The molecule has 2 heteroatoms. The van der Waals surface area contributed by atoms with E-state index in [0.717, 1.165) is 6.42 Å². The van der Waals surface area contributed by atoms with Crippen molar-refractivity contribution in [3.8, 4) is 0 Å². The maximum Gasteiger partial charge on any atom is 0.309 e. The lowest BCUT2D eigenvalue weighted by Crippen LogP contribution is -2.08. The number of allylic oxidation sites excluding steroid dienone is 1. The van der Waals surface area contributed by atoms with Gasteiger partial charge in [-0.15, -0.1) is 0 Å². The fourth-order valence-electron chi connectivity index (χ4n) is 0.665. The maximum atomic E-state index is 10.9. The molecule has 0 aliphatic rings. The molecule has 0 bridgehead atoms. The highest BCUT2D eigenvalue weighted by Crippen LogP contribution is 1.96. The van der Waals surface area contributed by atoms with Gasteiger partial charge in [-0.3, -0.25) is 4.79 Å². The Kier molecular flexibility index (Phi) is 6.44. The van der Waals surface area contributed by atoms with E-state index in [1.807, 2.05) is 32.9 Å². The van der Waals surface area contributed by atoms with Crippen LogP contribution < -0.4 is 0 Å². The molecule has 12 heavy (non-hydrogen) atoms. The van der Waals surface area contributed by atoms with Crippen molar-refractivity contribution in [1.29, 1.82) is 0 Å². The van der Waals surface area contributed by atoms with Crippen molar-refractivity contribution in [3.05, 3.63) is 12.2 Å². The molecule has 0 saturated heterocycles. The highest BCUT2D eigenvalue weighted by Gasteiger charge is 2.00. The molecule has 70 valence electrons. The van der Waals surface area contributed by atoms with Crippen molar-refractivity contribution in [2.45, 2.75) is 33.6 Å². The fraction of sp³-hybridized carbons (Fsp3) is 0.700. The third-order valence-electron chi connectivity index (χ3n) is 1.26. The molecule has 0 spiro atoms. The van der Waals surface area contributed by atoms with E-state index in [1.54, 1.807) is 0 Å². The molecule has 0 atom stereocenters. The van der Waals surface area contributed by atoms with Gasteiger partial charge in [0.1, 0.15) is 0 Å². The summed E-state index contributed by atoms with van der Waals surface area (Å²) < 4.78 is 4.96. The van der Waals surface area contributed by atoms with Gasteiger partial charge in [0.15, 0.2) is 0 Å². The summed E-state index contributed by atoms with van der Waals surface area (Å²) in [7, 11) is 0. The second-order valence-corrected chi connectivity index (χ2v) is 3.16. The molecule has 0 aromatic heterocycles. The van der Waals surface area contributed by atoms with Crippen molar-refractivity contribution in [3.63, 3.8) is 0 Å². The monoisotopic (exact) mass is 170 g/mol. The summed E-state index contributed by atoms with van der Waals surface area (Å²) in [4.78, 5) is 10.9. The Bertz CT molecular complexity index is 148.